The van der Waals surface area contributed by atoms with Crippen LogP contribution in [-0.4, -0.2) is 25.1 Å². The molecule has 1 rings (SSSR count). The molecule has 166 valence electrons. The van der Waals surface area contributed by atoms with E-state index in [-0.39, 0.29) is 29.4 Å². The molecule has 0 atom stereocenters. The largest absolute Gasteiger partial charge is 1.00 e. The fourth-order valence-corrected chi connectivity index (χ4v) is 3.89. The molecule has 1 nitrogen and oxygen atoms in total. The van der Waals surface area contributed by atoms with Gasteiger partial charge in [0.05, 0.1) is 20.6 Å². The summed E-state index contributed by atoms with van der Waals surface area (Å²) in [6, 6.07) is 10.9. The monoisotopic (exact) mass is 475 g/mol. The van der Waals surface area contributed by atoms with Gasteiger partial charge in [0, 0.05) is 5.56 Å². The number of quaternary nitrogens is 1. The van der Waals surface area contributed by atoms with Crippen LogP contribution in [0, 0.1) is 0 Å². The lowest BCUT2D eigenvalue weighted by molar-refractivity contribution is -0.903. The van der Waals surface area contributed by atoms with Crippen molar-refractivity contribution in [2.75, 3.05) is 20.6 Å². The van der Waals surface area contributed by atoms with Gasteiger partial charge < -0.3 is 21.5 Å². The zero-order valence-corrected chi connectivity index (χ0v) is 21.3. The van der Waals surface area contributed by atoms with Crippen LogP contribution in [0.25, 0.3) is 0 Å². The van der Waals surface area contributed by atoms with Gasteiger partial charge in [0.1, 0.15) is 6.54 Å². The molecule has 0 aliphatic carbocycles. The minimum Gasteiger partial charge on any atom is -1.00 e. The number of nitrogens with zero attached hydrogens (tertiary/aromatic N) is 1. The molecule has 0 saturated heterocycles. The van der Waals surface area contributed by atoms with Crippen LogP contribution >= 0.6 is 12.4 Å². The van der Waals surface area contributed by atoms with Gasteiger partial charge in [0.25, 0.3) is 0 Å². The molecular formula is C25H47BrClN. The predicted octanol–water partition coefficient (Wildman–Crippen LogP) is 5.17. The Labute approximate surface area is 193 Å². The number of benzene rings is 1. The Hall–Kier alpha value is -0.0500. The van der Waals surface area contributed by atoms with Crippen LogP contribution in [0.15, 0.2) is 30.3 Å². The second-order valence-electron chi connectivity index (χ2n) is 8.90. The van der Waals surface area contributed by atoms with E-state index in [1.165, 1.54) is 102 Å². The van der Waals surface area contributed by atoms with E-state index in [4.69, 9.17) is 0 Å². The maximum Gasteiger partial charge on any atom is 0.104 e. The van der Waals surface area contributed by atoms with Crippen LogP contribution in [0.3, 0.4) is 0 Å². The van der Waals surface area contributed by atoms with Crippen LogP contribution in [-0.2, 0) is 6.54 Å². The van der Waals surface area contributed by atoms with Gasteiger partial charge >= 0.3 is 0 Å². The summed E-state index contributed by atoms with van der Waals surface area (Å²) in [5, 5.41) is 0. The molecule has 28 heavy (non-hydrogen) atoms. The van der Waals surface area contributed by atoms with E-state index in [1.807, 2.05) is 0 Å². The first-order valence-electron chi connectivity index (χ1n) is 11.5. The molecule has 0 saturated carbocycles. The number of halogens is 2. The Kier molecular flexibility index (Phi) is 21.8. The summed E-state index contributed by atoms with van der Waals surface area (Å²) in [5.41, 5.74) is 1.46. The van der Waals surface area contributed by atoms with Gasteiger partial charge in [-0.25, -0.2) is 0 Å². The Balaban J connectivity index is 0. The van der Waals surface area contributed by atoms with Crippen molar-refractivity contribution in [1.29, 1.82) is 0 Å². The van der Waals surface area contributed by atoms with Crippen molar-refractivity contribution in [2.45, 2.75) is 103 Å². The van der Waals surface area contributed by atoms with Crippen molar-refractivity contribution in [3.05, 3.63) is 35.9 Å². The van der Waals surface area contributed by atoms with Gasteiger partial charge in [0.15, 0.2) is 0 Å². The van der Waals surface area contributed by atoms with Gasteiger partial charge in [-0.15, -0.1) is 12.4 Å². The van der Waals surface area contributed by atoms with Crippen molar-refractivity contribution >= 4 is 12.4 Å². The summed E-state index contributed by atoms with van der Waals surface area (Å²) in [5.74, 6) is 0. The fraction of sp³-hybridized carbons (Fsp3) is 0.760. The topological polar surface area (TPSA) is 0 Å². The smallest absolute Gasteiger partial charge is 0.104 e. The number of rotatable bonds is 17. The second kappa shape index (κ2) is 20.2. The molecule has 0 aliphatic rings. The number of unbranched alkanes of at least 4 members (excludes halogenated alkanes) is 13. The predicted molar refractivity (Wildman–Crippen MR) is 125 cm³/mol. The normalized spacial score (nSPS) is 11.0. The van der Waals surface area contributed by atoms with Gasteiger partial charge in [0.2, 0.25) is 0 Å². The molecule has 0 bridgehead atoms. The highest BCUT2D eigenvalue weighted by atomic mass is 79.9. The van der Waals surface area contributed by atoms with Gasteiger partial charge in [-0.05, 0) is 12.8 Å². The average Bonchev–Trinajstić information content (AvgIpc) is 2.62. The Morgan fingerprint density at radius 2 is 1.00 bits per heavy atom. The van der Waals surface area contributed by atoms with Gasteiger partial charge in [-0.3, -0.25) is 0 Å². The molecule has 0 fully saturated rings. The average molecular weight is 477 g/mol. The lowest BCUT2D eigenvalue weighted by atomic mass is 10.0. The quantitative estimate of drug-likeness (QED) is 0.215. The van der Waals surface area contributed by atoms with E-state index in [2.05, 4.69) is 51.4 Å². The molecule has 0 radical (unpaired) electrons. The third kappa shape index (κ3) is 18.0. The summed E-state index contributed by atoms with van der Waals surface area (Å²) >= 11 is 0. The van der Waals surface area contributed by atoms with Crippen molar-refractivity contribution in [1.82, 2.24) is 0 Å². The minimum absolute atomic E-state index is 0. The third-order valence-corrected chi connectivity index (χ3v) is 5.57. The fourth-order valence-electron chi connectivity index (χ4n) is 3.89. The molecule has 0 amide bonds. The Bertz CT molecular complexity index is 422. The highest BCUT2D eigenvalue weighted by Crippen LogP contribution is 2.14. The minimum atomic E-state index is 0. The zero-order valence-electron chi connectivity index (χ0n) is 18.9. The SMILES string of the molecule is CCCCCCCCCCCCCCCC[N+](C)(C)Cc1ccccc1.Cl.[Br-]. The summed E-state index contributed by atoms with van der Waals surface area (Å²) in [4.78, 5) is 0. The number of hydrogen-bond donors (Lipinski definition) is 0. The molecule has 0 heterocycles. The highest BCUT2D eigenvalue weighted by Gasteiger charge is 2.14. The third-order valence-electron chi connectivity index (χ3n) is 5.57. The van der Waals surface area contributed by atoms with E-state index < -0.39 is 0 Å². The van der Waals surface area contributed by atoms with E-state index in [0.29, 0.717) is 0 Å². The molecule has 0 aliphatic heterocycles. The van der Waals surface area contributed by atoms with Crippen LogP contribution in [0.4, 0.5) is 0 Å². The van der Waals surface area contributed by atoms with E-state index >= 15 is 0 Å². The molecule has 1 aromatic carbocycles. The lowest BCUT2D eigenvalue weighted by Crippen LogP contribution is -3.00. The molecule has 0 spiro atoms. The maximum atomic E-state index is 2.37. The number of hydrogen-bond acceptors (Lipinski definition) is 0. The standard InChI is InChI=1S/C25H46N.BrH.ClH/c1-4-5-6-7-8-9-10-11-12-13-14-15-16-20-23-26(2,3)24-25-21-18-17-19-22-25;;/h17-19,21-22H,4-16,20,23-24H2,1-3H3;2*1H/q+1;;/p-1. The Morgan fingerprint density at radius 3 is 1.43 bits per heavy atom. The zero-order chi connectivity index (χ0) is 18.9. The van der Waals surface area contributed by atoms with Crippen LogP contribution < -0.4 is 17.0 Å². The first-order valence-corrected chi connectivity index (χ1v) is 11.5. The van der Waals surface area contributed by atoms with Crippen molar-refractivity contribution in [3.63, 3.8) is 0 Å². The summed E-state index contributed by atoms with van der Waals surface area (Å²) < 4.78 is 1.11. The van der Waals surface area contributed by atoms with Crippen molar-refractivity contribution in [3.8, 4) is 0 Å². The van der Waals surface area contributed by atoms with Crippen LogP contribution in [0.1, 0.15) is 102 Å². The van der Waals surface area contributed by atoms with E-state index in [0.717, 1.165) is 11.0 Å². The highest BCUT2D eigenvalue weighted by molar-refractivity contribution is 5.85. The summed E-state index contributed by atoms with van der Waals surface area (Å²) in [6.45, 7) is 4.75. The summed E-state index contributed by atoms with van der Waals surface area (Å²) in [7, 11) is 4.74. The van der Waals surface area contributed by atoms with Crippen molar-refractivity contribution < 1.29 is 21.5 Å². The molecule has 1 aromatic rings. The van der Waals surface area contributed by atoms with Crippen molar-refractivity contribution in [2.24, 2.45) is 0 Å². The first-order chi connectivity index (χ1) is 12.6. The molecule has 0 unspecified atom stereocenters. The first kappa shape index (κ1) is 30.1. The van der Waals surface area contributed by atoms with Gasteiger partial charge in [-0.2, -0.15) is 0 Å². The van der Waals surface area contributed by atoms with E-state index in [1.54, 1.807) is 0 Å². The van der Waals surface area contributed by atoms with Gasteiger partial charge in [-0.1, -0.05) is 114 Å². The maximum absolute atomic E-state index is 2.37. The van der Waals surface area contributed by atoms with E-state index in [9.17, 15) is 0 Å². The molecule has 0 N–H and O–H groups in total. The second-order valence-corrected chi connectivity index (χ2v) is 8.90. The Morgan fingerprint density at radius 1 is 0.607 bits per heavy atom. The van der Waals surface area contributed by atoms with Crippen LogP contribution in [0.5, 0.6) is 0 Å². The molecular weight excluding hydrogens is 430 g/mol. The molecule has 3 heteroatoms. The molecule has 0 aromatic heterocycles. The van der Waals surface area contributed by atoms with Crippen LogP contribution in [0.2, 0.25) is 0 Å². The lowest BCUT2D eigenvalue weighted by Gasteiger charge is -2.30. The summed E-state index contributed by atoms with van der Waals surface area (Å²) in [6.07, 6.45) is 20.2.